The second-order valence-electron chi connectivity index (χ2n) is 7.71. The Labute approximate surface area is 126 Å². The predicted molar refractivity (Wildman–Crippen MR) is 90.9 cm³/mol. The number of piperidine rings is 1. The van der Waals surface area contributed by atoms with Gasteiger partial charge in [-0.2, -0.15) is 0 Å². The van der Waals surface area contributed by atoms with Gasteiger partial charge in [0.1, 0.15) is 15.7 Å². The molecule has 2 saturated heterocycles. The van der Waals surface area contributed by atoms with Crippen molar-refractivity contribution in [1.82, 2.24) is 15.1 Å². The van der Waals surface area contributed by atoms with Crippen molar-refractivity contribution in [1.29, 1.82) is 0 Å². The number of hydrogen-bond acceptors (Lipinski definition) is 3. The summed E-state index contributed by atoms with van der Waals surface area (Å²) in [7, 11) is 4.90. The van der Waals surface area contributed by atoms with Gasteiger partial charge in [-0.25, -0.2) is 0 Å². The standard InChI is InChI=1S/C15H31B2N3/c16-15(17)7-8-18-9-12-20(15)14-5-10-19(11-6-14)13-3-1-2-4-13/h13-14,18H,1-12,16-17H2. The van der Waals surface area contributed by atoms with E-state index in [1.807, 2.05) is 0 Å². The van der Waals surface area contributed by atoms with Crippen LogP contribution in [0.15, 0.2) is 0 Å². The summed E-state index contributed by atoms with van der Waals surface area (Å²) in [5.74, 6) is 0. The molecule has 0 bridgehead atoms. The first-order chi connectivity index (χ1) is 9.67. The molecule has 20 heavy (non-hydrogen) atoms. The summed E-state index contributed by atoms with van der Waals surface area (Å²) >= 11 is 0. The Kier molecular flexibility index (Phi) is 4.79. The van der Waals surface area contributed by atoms with E-state index >= 15 is 0 Å². The van der Waals surface area contributed by atoms with Crippen LogP contribution in [-0.4, -0.2) is 75.6 Å². The zero-order valence-electron chi connectivity index (χ0n) is 13.5. The van der Waals surface area contributed by atoms with Gasteiger partial charge in [0, 0.05) is 25.2 Å². The number of rotatable bonds is 2. The third kappa shape index (κ3) is 3.26. The second-order valence-corrected chi connectivity index (χ2v) is 7.71. The number of nitrogens with zero attached hydrogens (tertiary/aromatic N) is 2. The SMILES string of the molecule is BC1(B)CCNCCN1C1CCN(C2CCCC2)CC1. The fourth-order valence-corrected chi connectivity index (χ4v) is 4.67. The lowest BCUT2D eigenvalue weighted by Gasteiger charge is -2.47. The second kappa shape index (κ2) is 6.41. The van der Waals surface area contributed by atoms with Gasteiger partial charge in [-0.05, 0) is 57.1 Å². The molecule has 1 saturated carbocycles. The number of nitrogens with one attached hydrogen (secondary N) is 1. The number of hydrogen-bond donors (Lipinski definition) is 1. The molecule has 112 valence electrons. The van der Waals surface area contributed by atoms with Crippen molar-refractivity contribution in [2.45, 2.75) is 62.4 Å². The van der Waals surface area contributed by atoms with E-state index in [0.717, 1.165) is 12.1 Å². The first-order valence-electron chi connectivity index (χ1n) is 8.88. The van der Waals surface area contributed by atoms with Crippen molar-refractivity contribution < 1.29 is 0 Å². The van der Waals surface area contributed by atoms with Crippen LogP contribution in [0.25, 0.3) is 0 Å². The van der Waals surface area contributed by atoms with Gasteiger partial charge in [0.25, 0.3) is 0 Å². The van der Waals surface area contributed by atoms with Crippen molar-refractivity contribution in [3.63, 3.8) is 0 Å². The first-order valence-corrected chi connectivity index (χ1v) is 8.88. The molecule has 1 N–H and O–H groups in total. The summed E-state index contributed by atoms with van der Waals surface area (Å²) in [5.41, 5.74) is 0. The molecule has 0 aromatic carbocycles. The minimum absolute atomic E-state index is 0.379. The molecule has 0 spiro atoms. The molecule has 0 unspecified atom stereocenters. The van der Waals surface area contributed by atoms with Crippen molar-refractivity contribution in [3.8, 4) is 0 Å². The zero-order chi connectivity index (χ0) is 14.0. The molecule has 0 aromatic rings. The van der Waals surface area contributed by atoms with Crippen LogP contribution in [0.4, 0.5) is 0 Å². The lowest BCUT2D eigenvalue weighted by atomic mass is 9.58. The first kappa shape index (κ1) is 14.9. The van der Waals surface area contributed by atoms with Gasteiger partial charge in [0.15, 0.2) is 0 Å². The molecule has 3 rings (SSSR count). The average Bonchev–Trinajstić information content (AvgIpc) is 2.91. The Bertz CT molecular complexity index is 310. The quantitative estimate of drug-likeness (QED) is 0.692. The van der Waals surface area contributed by atoms with Gasteiger partial charge in [-0.15, -0.1) is 0 Å². The predicted octanol–water partition coefficient (Wildman–Crippen LogP) is -0.391. The molecule has 0 aromatic heterocycles. The lowest BCUT2D eigenvalue weighted by Crippen LogP contribution is -2.58. The molecular weight excluding hydrogens is 244 g/mol. The van der Waals surface area contributed by atoms with Crippen LogP contribution in [0.3, 0.4) is 0 Å². The molecular formula is C15H31B2N3. The van der Waals surface area contributed by atoms with Gasteiger partial charge in [-0.3, -0.25) is 0 Å². The Morgan fingerprint density at radius 3 is 2.25 bits per heavy atom. The smallest absolute Gasteiger partial charge is 0.117 e. The van der Waals surface area contributed by atoms with Crippen LogP contribution in [0.1, 0.15) is 44.9 Å². The molecule has 0 radical (unpaired) electrons. The Balaban J connectivity index is 1.56. The van der Waals surface area contributed by atoms with Crippen LogP contribution < -0.4 is 5.32 Å². The van der Waals surface area contributed by atoms with E-state index in [2.05, 4.69) is 30.8 Å². The van der Waals surface area contributed by atoms with Crippen molar-refractivity contribution >= 4 is 15.7 Å². The highest BCUT2D eigenvalue weighted by Crippen LogP contribution is 2.29. The molecule has 2 aliphatic heterocycles. The molecule has 3 fully saturated rings. The Morgan fingerprint density at radius 2 is 1.55 bits per heavy atom. The third-order valence-electron chi connectivity index (χ3n) is 6.00. The summed E-state index contributed by atoms with van der Waals surface area (Å²) in [6.45, 7) is 6.28. The highest BCUT2D eigenvalue weighted by atomic mass is 15.3. The van der Waals surface area contributed by atoms with E-state index in [4.69, 9.17) is 0 Å². The van der Waals surface area contributed by atoms with Gasteiger partial charge in [-0.1, -0.05) is 12.8 Å². The molecule has 1 aliphatic carbocycles. The van der Waals surface area contributed by atoms with Crippen LogP contribution in [0.5, 0.6) is 0 Å². The topological polar surface area (TPSA) is 18.5 Å². The van der Waals surface area contributed by atoms with E-state index in [0.29, 0.717) is 5.34 Å². The molecule has 3 aliphatic rings. The molecule has 2 heterocycles. The fourth-order valence-electron chi connectivity index (χ4n) is 4.67. The molecule has 3 nitrogen and oxygen atoms in total. The third-order valence-corrected chi connectivity index (χ3v) is 6.00. The fraction of sp³-hybridized carbons (Fsp3) is 1.00. The summed E-state index contributed by atoms with van der Waals surface area (Å²) in [6, 6.07) is 1.75. The minimum atomic E-state index is 0.379. The summed E-state index contributed by atoms with van der Waals surface area (Å²) in [6.07, 6.45) is 9.92. The zero-order valence-corrected chi connectivity index (χ0v) is 13.5. The van der Waals surface area contributed by atoms with Crippen molar-refractivity contribution in [2.24, 2.45) is 0 Å². The molecule has 0 amide bonds. The summed E-state index contributed by atoms with van der Waals surface area (Å²) in [4.78, 5) is 5.62. The van der Waals surface area contributed by atoms with Gasteiger partial charge in [0.05, 0.1) is 0 Å². The molecule has 0 atom stereocenters. The average molecular weight is 275 g/mol. The van der Waals surface area contributed by atoms with Crippen molar-refractivity contribution in [2.75, 3.05) is 32.7 Å². The van der Waals surface area contributed by atoms with Crippen LogP contribution in [0, 0.1) is 0 Å². The van der Waals surface area contributed by atoms with Crippen molar-refractivity contribution in [3.05, 3.63) is 0 Å². The highest BCUT2D eigenvalue weighted by Gasteiger charge is 2.36. The van der Waals surface area contributed by atoms with E-state index in [1.54, 1.807) is 0 Å². The summed E-state index contributed by atoms with van der Waals surface area (Å²) in [5, 5.41) is 3.95. The van der Waals surface area contributed by atoms with E-state index < -0.39 is 0 Å². The van der Waals surface area contributed by atoms with Crippen LogP contribution >= 0.6 is 0 Å². The highest BCUT2D eigenvalue weighted by molar-refractivity contribution is 6.40. The van der Waals surface area contributed by atoms with E-state index in [1.165, 1.54) is 77.7 Å². The lowest BCUT2D eigenvalue weighted by molar-refractivity contribution is 0.0704. The normalized spacial score (nSPS) is 31.4. The van der Waals surface area contributed by atoms with Gasteiger partial charge in [0.2, 0.25) is 0 Å². The number of likely N-dealkylation sites (tertiary alicyclic amines) is 1. The maximum Gasteiger partial charge on any atom is 0.117 e. The van der Waals surface area contributed by atoms with Crippen LogP contribution in [0.2, 0.25) is 0 Å². The maximum absolute atomic E-state index is 3.57. The van der Waals surface area contributed by atoms with Gasteiger partial charge < -0.3 is 15.1 Å². The van der Waals surface area contributed by atoms with E-state index in [9.17, 15) is 0 Å². The monoisotopic (exact) mass is 275 g/mol. The Hall–Kier alpha value is 0.00987. The maximum atomic E-state index is 3.57. The van der Waals surface area contributed by atoms with Gasteiger partial charge >= 0.3 is 0 Å². The Morgan fingerprint density at radius 1 is 0.850 bits per heavy atom. The largest absolute Gasteiger partial charge is 0.315 e. The minimum Gasteiger partial charge on any atom is -0.315 e. The van der Waals surface area contributed by atoms with E-state index in [-0.39, 0.29) is 0 Å². The molecule has 5 heteroatoms. The summed E-state index contributed by atoms with van der Waals surface area (Å²) < 4.78 is 0. The van der Waals surface area contributed by atoms with Crippen LogP contribution in [-0.2, 0) is 0 Å².